The smallest absolute Gasteiger partial charge is 0.0463 e. The molecular weight excluding hydrogens is 432 g/mol. The number of fused-ring (bicyclic) bond motifs is 4. The summed E-state index contributed by atoms with van der Waals surface area (Å²) in [6, 6.07) is 30.8. The molecule has 0 aromatic heterocycles. The minimum Gasteiger partial charge on any atom is -0.0590 e. The van der Waals surface area contributed by atoms with Gasteiger partial charge in [0.15, 0.2) is 0 Å². The Morgan fingerprint density at radius 1 is 0.556 bits per heavy atom. The predicted octanol–water partition coefficient (Wildman–Crippen LogP) is 9.22. The van der Waals surface area contributed by atoms with Crippen LogP contribution in [0, 0.1) is 20.8 Å². The van der Waals surface area contributed by atoms with Gasteiger partial charge < -0.3 is 0 Å². The molecule has 2 aliphatic carbocycles. The molecule has 0 heterocycles. The summed E-state index contributed by atoms with van der Waals surface area (Å²) >= 11 is 0. The van der Waals surface area contributed by atoms with E-state index in [1.165, 1.54) is 101 Å². The van der Waals surface area contributed by atoms with E-state index in [1.54, 1.807) is 11.1 Å². The Labute approximate surface area is 217 Å². The lowest BCUT2D eigenvalue weighted by Gasteiger charge is -2.34. The van der Waals surface area contributed by atoms with Gasteiger partial charge in [0.25, 0.3) is 0 Å². The molecule has 0 saturated heterocycles. The first-order chi connectivity index (χ1) is 17.5. The van der Waals surface area contributed by atoms with Crippen molar-refractivity contribution < 1.29 is 0 Å². The fourth-order valence-corrected chi connectivity index (χ4v) is 6.68. The molecule has 0 heteroatoms. The Morgan fingerprint density at radius 3 is 1.78 bits per heavy atom. The van der Waals surface area contributed by atoms with Crippen molar-refractivity contribution >= 4 is 0 Å². The first kappa shape index (κ1) is 23.3. The van der Waals surface area contributed by atoms with Crippen molar-refractivity contribution in [2.45, 2.75) is 77.6 Å². The zero-order valence-corrected chi connectivity index (χ0v) is 22.2. The lowest BCUT2D eigenvalue weighted by atomic mass is 9.68. The second kappa shape index (κ2) is 9.40. The molecule has 0 saturated carbocycles. The molecule has 0 nitrogen and oxygen atoms in total. The molecule has 0 spiro atoms. The summed E-state index contributed by atoms with van der Waals surface area (Å²) in [5.74, 6) is 0. The van der Waals surface area contributed by atoms with Gasteiger partial charge >= 0.3 is 0 Å². The van der Waals surface area contributed by atoms with Crippen LogP contribution in [0.2, 0.25) is 0 Å². The van der Waals surface area contributed by atoms with Crippen LogP contribution in [-0.2, 0) is 24.7 Å². The molecule has 182 valence electrons. The number of unbranched alkanes of at least 4 members (excludes halogenated alkanes) is 3. The second-order valence-electron chi connectivity index (χ2n) is 11.4. The van der Waals surface area contributed by atoms with Crippen LogP contribution >= 0.6 is 0 Å². The summed E-state index contributed by atoms with van der Waals surface area (Å²) < 4.78 is 0. The van der Waals surface area contributed by atoms with Crippen molar-refractivity contribution in [3.8, 4) is 11.1 Å². The maximum absolute atomic E-state index is 2.47. The van der Waals surface area contributed by atoms with E-state index in [2.05, 4.69) is 99.6 Å². The predicted molar refractivity (Wildman–Crippen MR) is 153 cm³/mol. The van der Waals surface area contributed by atoms with E-state index in [9.17, 15) is 0 Å². The summed E-state index contributed by atoms with van der Waals surface area (Å²) in [5, 5.41) is 0. The quantitative estimate of drug-likeness (QED) is 0.225. The largest absolute Gasteiger partial charge is 0.0590 e. The lowest BCUT2D eigenvalue weighted by molar-refractivity contribution is 0.511. The molecule has 2 aliphatic rings. The molecular formula is C36H38. The molecule has 0 amide bonds. The summed E-state index contributed by atoms with van der Waals surface area (Å²) in [6.07, 6.45) is 10.1. The van der Waals surface area contributed by atoms with Crippen LogP contribution in [0.15, 0.2) is 78.9 Å². The monoisotopic (exact) mass is 470 g/mol. The van der Waals surface area contributed by atoms with Crippen LogP contribution in [0.5, 0.6) is 0 Å². The van der Waals surface area contributed by atoms with Crippen molar-refractivity contribution in [3.63, 3.8) is 0 Å². The van der Waals surface area contributed by atoms with Crippen molar-refractivity contribution in [1.29, 1.82) is 0 Å². The minimum absolute atomic E-state index is 0.0574. The molecule has 36 heavy (non-hydrogen) atoms. The van der Waals surface area contributed by atoms with Crippen molar-refractivity contribution in [2.75, 3.05) is 0 Å². The number of hydrogen-bond donors (Lipinski definition) is 0. The normalized spacial score (nSPS) is 14.6. The fourth-order valence-electron chi connectivity index (χ4n) is 6.68. The Hall–Kier alpha value is -3.12. The molecule has 4 aromatic rings. The third kappa shape index (κ3) is 4.01. The highest BCUT2D eigenvalue weighted by molar-refractivity contribution is 5.84. The van der Waals surface area contributed by atoms with Crippen molar-refractivity contribution in [2.24, 2.45) is 0 Å². The van der Waals surface area contributed by atoms with E-state index >= 15 is 0 Å². The second-order valence-corrected chi connectivity index (χ2v) is 11.4. The van der Waals surface area contributed by atoms with Gasteiger partial charge in [-0.2, -0.15) is 0 Å². The average Bonchev–Trinajstić information content (AvgIpc) is 3.12. The van der Waals surface area contributed by atoms with Gasteiger partial charge in [0.05, 0.1) is 0 Å². The molecule has 0 bridgehead atoms. The van der Waals surface area contributed by atoms with Gasteiger partial charge in [-0.05, 0) is 97.4 Å². The zero-order valence-electron chi connectivity index (χ0n) is 22.2. The fraction of sp³-hybridized carbons (Fsp3) is 0.333. The Balaban J connectivity index is 1.26. The summed E-state index contributed by atoms with van der Waals surface area (Å²) in [6.45, 7) is 6.68. The molecule has 0 fully saturated rings. The van der Waals surface area contributed by atoms with Gasteiger partial charge in [-0.1, -0.05) is 115 Å². The van der Waals surface area contributed by atoms with Crippen LogP contribution in [0.3, 0.4) is 0 Å². The van der Waals surface area contributed by atoms with Gasteiger partial charge in [-0.25, -0.2) is 0 Å². The molecule has 6 rings (SSSR count). The lowest BCUT2D eigenvalue weighted by Crippen LogP contribution is -2.27. The molecule has 0 radical (unpaired) electrons. The third-order valence-electron chi connectivity index (χ3n) is 8.81. The van der Waals surface area contributed by atoms with Gasteiger partial charge in [-0.15, -0.1) is 0 Å². The van der Waals surface area contributed by atoms with E-state index in [4.69, 9.17) is 0 Å². The number of benzene rings is 4. The standard InChI is InChI=1S/C36H38/c1-25-9-17-31(18-10-25)36(21-7-5-4-6-8-28-13-14-29-15-16-30(29)24-28)34-22-26(2)11-19-32(34)33-20-12-27(3)23-35(33)36/h9-14,17-20,22-24H,4-8,15-16,21H2,1-3H3. The topological polar surface area (TPSA) is 0 Å². The van der Waals surface area contributed by atoms with E-state index in [0.29, 0.717) is 0 Å². The third-order valence-corrected chi connectivity index (χ3v) is 8.81. The van der Waals surface area contributed by atoms with Gasteiger partial charge in [0.1, 0.15) is 0 Å². The first-order valence-corrected chi connectivity index (χ1v) is 13.9. The number of rotatable bonds is 8. The minimum atomic E-state index is -0.0574. The first-order valence-electron chi connectivity index (χ1n) is 13.9. The van der Waals surface area contributed by atoms with Gasteiger partial charge in [0.2, 0.25) is 0 Å². The van der Waals surface area contributed by atoms with Crippen LogP contribution in [0.4, 0.5) is 0 Å². The highest BCUT2D eigenvalue weighted by Gasteiger charge is 2.44. The Bertz CT molecular complexity index is 1350. The zero-order chi connectivity index (χ0) is 24.7. The van der Waals surface area contributed by atoms with E-state index in [1.807, 2.05) is 0 Å². The summed E-state index contributed by atoms with van der Waals surface area (Å²) in [4.78, 5) is 0. The molecule has 0 N–H and O–H groups in total. The van der Waals surface area contributed by atoms with Crippen molar-refractivity contribution in [1.82, 2.24) is 0 Å². The van der Waals surface area contributed by atoms with E-state index in [0.717, 1.165) is 0 Å². The Morgan fingerprint density at radius 2 is 1.17 bits per heavy atom. The van der Waals surface area contributed by atoms with E-state index < -0.39 is 0 Å². The molecule has 0 unspecified atom stereocenters. The SMILES string of the molecule is Cc1ccc(C2(CCCCCCc3ccc4c(c3)CC4)c3cc(C)ccc3-c3ccc(C)cc32)cc1. The average molecular weight is 471 g/mol. The van der Waals surface area contributed by atoms with Crippen LogP contribution in [0.25, 0.3) is 11.1 Å². The highest BCUT2D eigenvalue weighted by Crippen LogP contribution is 2.55. The molecule has 4 aromatic carbocycles. The van der Waals surface area contributed by atoms with E-state index in [-0.39, 0.29) is 5.41 Å². The van der Waals surface area contributed by atoms with Crippen LogP contribution in [-0.4, -0.2) is 0 Å². The maximum Gasteiger partial charge on any atom is 0.0463 e. The Kier molecular flexibility index (Phi) is 6.08. The van der Waals surface area contributed by atoms with Crippen LogP contribution in [0.1, 0.15) is 82.2 Å². The number of aryl methyl sites for hydroxylation is 6. The number of hydrogen-bond acceptors (Lipinski definition) is 0. The van der Waals surface area contributed by atoms with Gasteiger partial charge in [-0.3, -0.25) is 0 Å². The molecule has 0 atom stereocenters. The van der Waals surface area contributed by atoms with Gasteiger partial charge in [0, 0.05) is 5.41 Å². The highest BCUT2D eigenvalue weighted by atomic mass is 14.5. The molecule has 0 aliphatic heterocycles. The summed E-state index contributed by atoms with van der Waals surface area (Å²) in [7, 11) is 0. The van der Waals surface area contributed by atoms with Crippen molar-refractivity contribution in [3.05, 3.63) is 129 Å². The maximum atomic E-state index is 2.47. The summed E-state index contributed by atoms with van der Waals surface area (Å²) in [5.41, 5.74) is 16.0. The van der Waals surface area contributed by atoms with Crippen LogP contribution < -0.4 is 0 Å².